The number of ether oxygens (including phenoxy) is 1. The second kappa shape index (κ2) is 7.33. The van der Waals surface area contributed by atoms with Crippen LogP contribution in [0.5, 0.6) is 5.75 Å². The Morgan fingerprint density at radius 3 is 2.52 bits per heavy atom. The van der Waals surface area contributed by atoms with Gasteiger partial charge in [0.15, 0.2) is 5.76 Å². The predicted molar refractivity (Wildman–Crippen MR) is 87.7 cm³/mol. The quantitative estimate of drug-likeness (QED) is 0.850. The van der Waals surface area contributed by atoms with E-state index in [0.29, 0.717) is 12.4 Å². The Bertz CT molecular complexity index is 614. The van der Waals surface area contributed by atoms with E-state index in [4.69, 9.17) is 9.15 Å². The molecule has 1 aromatic carbocycles. The third kappa shape index (κ3) is 4.13. The summed E-state index contributed by atoms with van der Waals surface area (Å²) >= 11 is 0. The molecule has 2 aromatic rings. The lowest BCUT2D eigenvalue weighted by Gasteiger charge is -2.34. The maximum Gasteiger partial charge on any atom is 0.289 e. The van der Waals surface area contributed by atoms with Gasteiger partial charge in [-0.15, -0.1) is 0 Å². The van der Waals surface area contributed by atoms with Gasteiger partial charge in [-0.2, -0.15) is 0 Å². The van der Waals surface area contributed by atoms with E-state index in [-0.39, 0.29) is 5.91 Å². The Morgan fingerprint density at radius 2 is 1.87 bits per heavy atom. The van der Waals surface area contributed by atoms with Gasteiger partial charge < -0.3 is 14.1 Å². The molecule has 23 heavy (non-hydrogen) atoms. The zero-order valence-corrected chi connectivity index (χ0v) is 13.4. The van der Waals surface area contributed by atoms with E-state index in [9.17, 15) is 4.79 Å². The second-order valence-electron chi connectivity index (χ2n) is 5.77. The lowest BCUT2D eigenvalue weighted by atomic mass is 10.2. The van der Waals surface area contributed by atoms with Crippen LogP contribution in [0.3, 0.4) is 0 Å². The number of hydrogen-bond donors (Lipinski definition) is 0. The fourth-order valence-corrected chi connectivity index (χ4v) is 2.66. The maximum atomic E-state index is 12.2. The number of amides is 1. The fourth-order valence-electron chi connectivity index (χ4n) is 2.66. The van der Waals surface area contributed by atoms with Gasteiger partial charge in [-0.3, -0.25) is 9.69 Å². The van der Waals surface area contributed by atoms with Crippen LogP contribution in [0.2, 0.25) is 0 Å². The van der Waals surface area contributed by atoms with Gasteiger partial charge in [-0.1, -0.05) is 17.7 Å². The number of carbonyl (C=O) groups excluding carboxylic acids is 1. The summed E-state index contributed by atoms with van der Waals surface area (Å²) in [7, 11) is 0. The average Bonchev–Trinajstić information content (AvgIpc) is 3.11. The zero-order chi connectivity index (χ0) is 16.1. The first-order valence-corrected chi connectivity index (χ1v) is 7.97. The smallest absolute Gasteiger partial charge is 0.289 e. The van der Waals surface area contributed by atoms with Crippen LogP contribution in [0, 0.1) is 6.92 Å². The molecule has 1 saturated heterocycles. The highest BCUT2D eigenvalue weighted by molar-refractivity contribution is 5.91. The lowest BCUT2D eigenvalue weighted by Crippen LogP contribution is -2.49. The Balaban J connectivity index is 1.39. The third-order valence-corrected chi connectivity index (χ3v) is 4.09. The van der Waals surface area contributed by atoms with Crippen LogP contribution in [0.15, 0.2) is 47.1 Å². The average molecular weight is 314 g/mol. The summed E-state index contributed by atoms with van der Waals surface area (Å²) in [6, 6.07) is 11.5. The summed E-state index contributed by atoms with van der Waals surface area (Å²) in [4.78, 5) is 16.3. The zero-order valence-electron chi connectivity index (χ0n) is 13.4. The molecule has 1 fully saturated rings. The van der Waals surface area contributed by atoms with Crippen molar-refractivity contribution in [1.82, 2.24) is 9.80 Å². The molecule has 0 unspecified atom stereocenters. The number of benzene rings is 1. The molecule has 1 aliphatic rings. The van der Waals surface area contributed by atoms with E-state index in [0.717, 1.165) is 38.5 Å². The summed E-state index contributed by atoms with van der Waals surface area (Å²) in [6.07, 6.45) is 1.53. The molecule has 5 nitrogen and oxygen atoms in total. The first-order chi connectivity index (χ1) is 11.2. The predicted octanol–water partition coefficient (Wildman–Crippen LogP) is 2.42. The molecule has 2 heterocycles. The van der Waals surface area contributed by atoms with E-state index in [1.54, 1.807) is 12.1 Å². The molecule has 0 atom stereocenters. The van der Waals surface area contributed by atoms with Crippen molar-refractivity contribution in [1.29, 1.82) is 0 Å². The van der Waals surface area contributed by atoms with Gasteiger partial charge in [-0.25, -0.2) is 0 Å². The van der Waals surface area contributed by atoms with E-state index < -0.39 is 0 Å². The highest BCUT2D eigenvalue weighted by Crippen LogP contribution is 2.12. The van der Waals surface area contributed by atoms with Crippen molar-refractivity contribution in [3.05, 3.63) is 54.0 Å². The highest BCUT2D eigenvalue weighted by atomic mass is 16.5. The van der Waals surface area contributed by atoms with Crippen LogP contribution < -0.4 is 4.74 Å². The molecule has 0 N–H and O–H groups in total. The monoisotopic (exact) mass is 314 g/mol. The Kier molecular flexibility index (Phi) is 4.98. The molecular weight excluding hydrogens is 292 g/mol. The van der Waals surface area contributed by atoms with Crippen molar-refractivity contribution < 1.29 is 13.9 Å². The van der Waals surface area contributed by atoms with Crippen molar-refractivity contribution in [3.8, 4) is 5.75 Å². The summed E-state index contributed by atoms with van der Waals surface area (Å²) in [5, 5.41) is 0. The molecule has 0 radical (unpaired) electrons. The minimum atomic E-state index is -0.0226. The van der Waals surface area contributed by atoms with E-state index >= 15 is 0 Å². The molecule has 1 aliphatic heterocycles. The Morgan fingerprint density at radius 1 is 1.13 bits per heavy atom. The molecule has 5 heteroatoms. The van der Waals surface area contributed by atoms with Gasteiger partial charge in [-0.05, 0) is 31.2 Å². The van der Waals surface area contributed by atoms with Crippen molar-refractivity contribution in [3.63, 3.8) is 0 Å². The van der Waals surface area contributed by atoms with Gasteiger partial charge in [0.05, 0.1) is 6.26 Å². The second-order valence-corrected chi connectivity index (χ2v) is 5.77. The number of piperazine rings is 1. The maximum absolute atomic E-state index is 12.2. The number of rotatable bonds is 5. The Labute approximate surface area is 136 Å². The van der Waals surface area contributed by atoms with Crippen LogP contribution in [0.25, 0.3) is 0 Å². The van der Waals surface area contributed by atoms with Crippen LogP contribution in [-0.2, 0) is 0 Å². The first-order valence-electron chi connectivity index (χ1n) is 7.97. The number of aryl methyl sites for hydroxylation is 1. The van der Waals surface area contributed by atoms with Gasteiger partial charge in [0, 0.05) is 32.7 Å². The molecule has 3 rings (SSSR count). The normalized spacial score (nSPS) is 15.6. The summed E-state index contributed by atoms with van der Waals surface area (Å²) in [6.45, 7) is 6.78. The van der Waals surface area contributed by atoms with Gasteiger partial charge in [0.2, 0.25) is 0 Å². The van der Waals surface area contributed by atoms with Gasteiger partial charge in [0.1, 0.15) is 12.4 Å². The van der Waals surface area contributed by atoms with Crippen molar-refractivity contribution in [2.75, 3.05) is 39.3 Å². The minimum Gasteiger partial charge on any atom is -0.492 e. The van der Waals surface area contributed by atoms with Crippen LogP contribution in [0.4, 0.5) is 0 Å². The van der Waals surface area contributed by atoms with Crippen molar-refractivity contribution in [2.24, 2.45) is 0 Å². The number of hydrogen-bond acceptors (Lipinski definition) is 4. The van der Waals surface area contributed by atoms with Gasteiger partial charge >= 0.3 is 0 Å². The molecule has 1 aromatic heterocycles. The molecular formula is C18H22N2O3. The molecule has 1 amide bonds. The Hall–Kier alpha value is -2.27. The van der Waals surface area contributed by atoms with Crippen molar-refractivity contribution in [2.45, 2.75) is 6.92 Å². The molecule has 0 saturated carbocycles. The van der Waals surface area contributed by atoms with E-state index in [1.165, 1.54) is 11.8 Å². The SMILES string of the molecule is Cc1ccc(OCCN2CCN(C(=O)c3ccco3)CC2)cc1. The summed E-state index contributed by atoms with van der Waals surface area (Å²) < 4.78 is 10.9. The van der Waals surface area contributed by atoms with Crippen LogP contribution >= 0.6 is 0 Å². The lowest BCUT2D eigenvalue weighted by molar-refractivity contribution is 0.0590. The molecule has 122 valence electrons. The third-order valence-electron chi connectivity index (χ3n) is 4.09. The van der Waals surface area contributed by atoms with E-state index in [1.807, 2.05) is 29.2 Å². The van der Waals surface area contributed by atoms with Crippen molar-refractivity contribution >= 4 is 5.91 Å². The first kappa shape index (κ1) is 15.6. The number of furan rings is 1. The molecule has 0 bridgehead atoms. The molecule has 0 aliphatic carbocycles. The topological polar surface area (TPSA) is 45.9 Å². The molecule has 0 spiro atoms. The van der Waals surface area contributed by atoms with Gasteiger partial charge in [0.25, 0.3) is 5.91 Å². The largest absolute Gasteiger partial charge is 0.492 e. The van der Waals surface area contributed by atoms with Crippen LogP contribution in [-0.4, -0.2) is 55.0 Å². The summed E-state index contributed by atoms with van der Waals surface area (Å²) in [5.74, 6) is 1.30. The van der Waals surface area contributed by atoms with E-state index in [2.05, 4.69) is 11.8 Å². The fraction of sp³-hybridized carbons (Fsp3) is 0.389. The van der Waals surface area contributed by atoms with Crippen LogP contribution in [0.1, 0.15) is 16.1 Å². The number of carbonyl (C=O) groups is 1. The number of nitrogens with zero attached hydrogens (tertiary/aromatic N) is 2. The summed E-state index contributed by atoms with van der Waals surface area (Å²) in [5.41, 5.74) is 1.23. The standard InChI is InChI=1S/C18H22N2O3/c1-15-4-6-16(7-5-15)22-14-12-19-8-10-20(11-9-19)18(21)17-3-2-13-23-17/h2-7,13H,8-12,14H2,1H3. The minimum absolute atomic E-state index is 0.0226. The highest BCUT2D eigenvalue weighted by Gasteiger charge is 2.23.